The summed E-state index contributed by atoms with van der Waals surface area (Å²) in [4.78, 5) is 0. The van der Waals surface area contributed by atoms with Gasteiger partial charge in [0.05, 0.1) is 0 Å². The zero-order valence-electron chi connectivity index (χ0n) is 15.9. The molecule has 4 rings (SSSR count). The third-order valence-corrected chi connectivity index (χ3v) is 4.88. The normalized spacial score (nSPS) is 10.9. The van der Waals surface area contributed by atoms with Crippen molar-refractivity contribution in [2.24, 2.45) is 0 Å². The monoisotopic (exact) mass is 384 g/mol. The highest BCUT2D eigenvalue weighted by atomic mass is 16.5. The van der Waals surface area contributed by atoms with E-state index in [0.29, 0.717) is 27.8 Å². The molecule has 0 amide bonds. The van der Waals surface area contributed by atoms with Crippen LogP contribution in [0, 0.1) is 0 Å². The van der Waals surface area contributed by atoms with Gasteiger partial charge in [0.25, 0.3) is 0 Å². The first kappa shape index (κ1) is 18.4. The fourth-order valence-corrected chi connectivity index (χ4v) is 3.30. The van der Waals surface area contributed by atoms with Gasteiger partial charge in [-0.2, -0.15) is 0 Å². The van der Waals surface area contributed by atoms with Gasteiger partial charge >= 0.3 is 0 Å². The third-order valence-electron chi connectivity index (χ3n) is 4.88. The van der Waals surface area contributed by atoms with Gasteiger partial charge in [-0.25, -0.2) is 0 Å². The van der Waals surface area contributed by atoms with Crippen molar-refractivity contribution < 1.29 is 20.1 Å². The summed E-state index contributed by atoms with van der Waals surface area (Å²) in [5.74, 6) is 0.587. The van der Waals surface area contributed by atoms with Crippen LogP contribution in [0.2, 0.25) is 0 Å². The van der Waals surface area contributed by atoms with E-state index in [1.807, 2.05) is 25.1 Å². The average molecular weight is 384 g/mol. The Balaban J connectivity index is 1.68. The minimum Gasteiger partial charge on any atom is -0.508 e. The largest absolute Gasteiger partial charge is 0.508 e. The van der Waals surface area contributed by atoms with E-state index < -0.39 is 0 Å². The molecular formula is C25H20O4. The molecule has 0 aromatic heterocycles. The van der Waals surface area contributed by atoms with Crippen molar-refractivity contribution in [1.29, 1.82) is 0 Å². The number of ether oxygens (including phenoxy) is 1. The van der Waals surface area contributed by atoms with Gasteiger partial charge in [-0.3, -0.25) is 0 Å². The molecule has 0 saturated heterocycles. The Morgan fingerprint density at radius 3 is 2.21 bits per heavy atom. The van der Waals surface area contributed by atoms with Crippen molar-refractivity contribution in [3.8, 4) is 23.0 Å². The van der Waals surface area contributed by atoms with E-state index >= 15 is 0 Å². The molecule has 0 bridgehead atoms. The number of hydrogen-bond acceptors (Lipinski definition) is 4. The predicted octanol–water partition coefficient (Wildman–Crippen LogP) is 6.19. The van der Waals surface area contributed by atoms with E-state index in [2.05, 4.69) is 13.2 Å². The molecule has 0 aliphatic rings. The van der Waals surface area contributed by atoms with Crippen LogP contribution in [-0.4, -0.2) is 15.3 Å². The molecule has 144 valence electrons. The summed E-state index contributed by atoms with van der Waals surface area (Å²) in [7, 11) is 0. The maximum atomic E-state index is 10.4. The average Bonchev–Trinajstić information content (AvgIpc) is 2.67. The first-order valence-electron chi connectivity index (χ1n) is 9.07. The second-order valence-electron chi connectivity index (χ2n) is 7.09. The molecular weight excluding hydrogens is 364 g/mol. The van der Waals surface area contributed by atoms with Crippen LogP contribution in [0.1, 0.15) is 18.1 Å². The molecule has 0 aliphatic heterocycles. The van der Waals surface area contributed by atoms with Crippen LogP contribution in [0.25, 0.3) is 32.9 Å². The number of phenolic OH excluding ortho intramolecular Hbond substituents is 3. The molecule has 0 fully saturated rings. The van der Waals surface area contributed by atoms with Crippen molar-refractivity contribution in [2.45, 2.75) is 6.92 Å². The van der Waals surface area contributed by atoms with Crippen LogP contribution in [-0.2, 0) is 0 Å². The van der Waals surface area contributed by atoms with Gasteiger partial charge in [-0.1, -0.05) is 43.0 Å². The molecule has 0 saturated carbocycles. The smallest absolute Gasteiger partial charge is 0.169 e. The first-order chi connectivity index (χ1) is 13.8. The summed E-state index contributed by atoms with van der Waals surface area (Å²) >= 11 is 0. The van der Waals surface area contributed by atoms with E-state index in [1.54, 1.807) is 36.4 Å². The second kappa shape index (κ2) is 6.91. The second-order valence-corrected chi connectivity index (χ2v) is 7.09. The van der Waals surface area contributed by atoms with Gasteiger partial charge in [0.1, 0.15) is 17.3 Å². The molecule has 4 nitrogen and oxygen atoms in total. The van der Waals surface area contributed by atoms with Gasteiger partial charge < -0.3 is 20.1 Å². The fourth-order valence-electron chi connectivity index (χ4n) is 3.30. The minimum atomic E-state index is -0.0310. The quantitative estimate of drug-likeness (QED) is 0.367. The van der Waals surface area contributed by atoms with E-state index in [-0.39, 0.29) is 17.2 Å². The minimum absolute atomic E-state index is 0.00562. The third kappa shape index (κ3) is 3.48. The SMILES string of the molecule is C=C(C)c1ccc2cc(OC(=C)c3ccc4cc(O)cc(O)c4c3)c(O)cc2c1. The van der Waals surface area contributed by atoms with Crippen molar-refractivity contribution in [1.82, 2.24) is 0 Å². The Kier molecular flexibility index (Phi) is 4.40. The van der Waals surface area contributed by atoms with Crippen LogP contribution in [0.5, 0.6) is 23.0 Å². The van der Waals surface area contributed by atoms with Crippen molar-refractivity contribution in [3.63, 3.8) is 0 Å². The Morgan fingerprint density at radius 1 is 0.724 bits per heavy atom. The Bertz CT molecular complexity index is 1300. The molecule has 0 spiro atoms. The van der Waals surface area contributed by atoms with E-state index in [9.17, 15) is 15.3 Å². The number of benzene rings is 4. The molecule has 0 aliphatic carbocycles. The number of phenols is 3. The van der Waals surface area contributed by atoms with Crippen molar-refractivity contribution in [2.75, 3.05) is 0 Å². The standard InChI is InChI=1S/C25H20O4/c1-14(2)16-4-6-18-12-25(24(28)11-20(18)8-16)29-15(3)17-5-7-19-9-21(26)13-23(27)22(19)10-17/h4-13,26-28H,1,3H2,2H3. The first-order valence-corrected chi connectivity index (χ1v) is 9.07. The van der Waals surface area contributed by atoms with Crippen LogP contribution < -0.4 is 4.74 Å². The summed E-state index contributed by atoms with van der Waals surface area (Å²) in [6, 6.07) is 17.4. The lowest BCUT2D eigenvalue weighted by Crippen LogP contribution is -1.94. The summed E-state index contributed by atoms with van der Waals surface area (Å²) in [5.41, 5.74) is 2.61. The summed E-state index contributed by atoms with van der Waals surface area (Å²) in [5, 5.41) is 33.2. The lowest BCUT2D eigenvalue weighted by molar-refractivity contribution is 0.425. The molecule has 29 heavy (non-hydrogen) atoms. The predicted molar refractivity (Wildman–Crippen MR) is 117 cm³/mol. The van der Waals surface area contributed by atoms with E-state index in [1.165, 1.54) is 6.07 Å². The van der Waals surface area contributed by atoms with Crippen LogP contribution >= 0.6 is 0 Å². The molecule has 4 heteroatoms. The van der Waals surface area contributed by atoms with Crippen molar-refractivity contribution >= 4 is 32.9 Å². The number of allylic oxidation sites excluding steroid dienone is 1. The number of hydrogen-bond donors (Lipinski definition) is 3. The van der Waals surface area contributed by atoms with Crippen molar-refractivity contribution in [3.05, 3.63) is 84.9 Å². The lowest BCUT2D eigenvalue weighted by atomic mass is 10.0. The highest BCUT2D eigenvalue weighted by Gasteiger charge is 2.11. The highest BCUT2D eigenvalue weighted by Crippen LogP contribution is 2.36. The topological polar surface area (TPSA) is 69.9 Å². The van der Waals surface area contributed by atoms with Gasteiger partial charge in [0, 0.05) is 17.0 Å². The summed E-state index contributed by atoms with van der Waals surface area (Å²) < 4.78 is 5.84. The van der Waals surface area contributed by atoms with Gasteiger partial charge in [0.15, 0.2) is 11.5 Å². The number of aromatic hydroxyl groups is 3. The molecule has 3 N–H and O–H groups in total. The Morgan fingerprint density at radius 2 is 1.45 bits per heavy atom. The molecule has 0 radical (unpaired) electrons. The maximum absolute atomic E-state index is 10.4. The summed E-state index contributed by atoms with van der Waals surface area (Å²) in [6.45, 7) is 9.84. The highest BCUT2D eigenvalue weighted by molar-refractivity contribution is 5.92. The lowest BCUT2D eigenvalue weighted by Gasteiger charge is -2.13. The van der Waals surface area contributed by atoms with Gasteiger partial charge in [0.2, 0.25) is 0 Å². The van der Waals surface area contributed by atoms with E-state index in [0.717, 1.165) is 21.9 Å². The van der Waals surface area contributed by atoms with E-state index in [4.69, 9.17) is 4.74 Å². The van der Waals surface area contributed by atoms with Gasteiger partial charge in [-0.15, -0.1) is 0 Å². The number of rotatable bonds is 4. The molecule has 0 atom stereocenters. The molecule has 0 unspecified atom stereocenters. The summed E-state index contributed by atoms with van der Waals surface area (Å²) in [6.07, 6.45) is 0. The number of fused-ring (bicyclic) bond motifs is 2. The Labute approximate surface area is 168 Å². The zero-order valence-corrected chi connectivity index (χ0v) is 15.9. The zero-order chi connectivity index (χ0) is 20.7. The molecule has 4 aromatic rings. The molecule has 4 aromatic carbocycles. The van der Waals surface area contributed by atoms with Crippen LogP contribution in [0.3, 0.4) is 0 Å². The van der Waals surface area contributed by atoms with Crippen LogP contribution in [0.4, 0.5) is 0 Å². The van der Waals surface area contributed by atoms with Crippen LogP contribution in [0.15, 0.2) is 73.8 Å². The maximum Gasteiger partial charge on any atom is 0.169 e. The van der Waals surface area contributed by atoms with Gasteiger partial charge in [-0.05, 0) is 59.0 Å². The fraction of sp³-hybridized carbons (Fsp3) is 0.0400. The molecule has 0 heterocycles. The Hall–Kier alpha value is -3.92.